The Morgan fingerprint density at radius 3 is 2.82 bits per heavy atom. The van der Waals surface area contributed by atoms with Crippen molar-refractivity contribution in [3.8, 4) is 5.75 Å². The quantitative estimate of drug-likeness (QED) is 0.433. The molecule has 0 heterocycles. The smallest absolute Gasteiger partial charge is 0.122 e. The van der Waals surface area contributed by atoms with E-state index in [2.05, 4.69) is 11.9 Å². The molecular formula is C13H20N2O2. The standard InChI is InChI=1S/C13H20N2O2/c1-10(2)9-17-5-4-15-12-6-11(14)7-13(8-12)16-3/h6-8,15H,1,4-5,9,14H2,2-3H3. The highest BCUT2D eigenvalue weighted by atomic mass is 16.5. The molecule has 94 valence electrons. The van der Waals surface area contributed by atoms with E-state index in [-0.39, 0.29) is 0 Å². The fourth-order valence-corrected chi connectivity index (χ4v) is 1.36. The van der Waals surface area contributed by atoms with Crippen molar-refractivity contribution in [3.63, 3.8) is 0 Å². The highest BCUT2D eigenvalue weighted by Crippen LogP contribution is 2.21. The van der Waals surface area contributed by atoms with Gasteiger partial charge in [0.05, 0.1) is 20.3 Å². The van der Waals surface area contributed by atoms with Gasteiger partial charge in [-0.1, -0.05) is 12.2 Å². The molecule has 17 heavy (non-hydrogen) atoms. The Balaban J connectivity index is 2.36. The number of ether oxygens (including phenoxy) is 2. The van der Waals surface area contributed by atoms with Crippen LogP contribution in [-0.2, 0) is 4.74 Å². The summed E-state index contributed by atoms with van der Waals surface area (Å²) < 4.78 is 10.5. The Bertz CT molecular complexity index is 378. The first kappa shape index (κ1) is 13.4. The molecule has 0 saturated carbocycles. The van der Waals surface area contributed by atoms with Crippen LogP contribution in [0.3, 0.4) is 0 Å². The van der Waals surface area contributed by atoms with Gasteiger partial charge in [-0.3, -0.25) is 0 Å². The molecule has 3 N–H and O–H groups in total. The van der Waals surface area contributed by atoms with E-state index in [4.69, 9.17) is 15.2 Å². The minimum Gasteiger partial charge on any atom is -0.497 e. The van der Waals surface area contributed by atoms with Gasteiger partial charge in [0, 0.05) is 30.1 Å². The van der Waals surface area contributed by atoms with Crippen molar-refractivity contribution in [3.05, 3.63) is 30.4 Å². The van der Waals surface area contributed by atoms with Crippen molar-refractivity contribution < 1.29 is 9.47 Å². The van der Waals surface area contributed by atoms with Gasteiger partial charge in [-0.25, -0.2) is 0 Å². The molecule has 0 saturated heterocycles. The minimum absolute atomic E-state index is 0.599. The maximum atomic E-state index is 5.74. The molecule has 0 atom stereocenters. The number of anilines is 2. The Morgan fingerprint density at radius 1 is 1.41 bits per heavy atom. The number of hydrogen-bond donors (Lipinski definition) is 2. The minimum atomic E-state index is 0.599. The zero-order valence-electron chi connectivity index (χ0n) is 10.5. The number of hydrogen-bond acceptors (Lipinski definition) is 4. The van der Waals surface area contributed by atoms with Gasteiger partial charge in [0.1, 0.15) is 5.75 Å². The molecule has 4 heteroatoms. The molecule has 0 bridgehead atoms. The van der Waals surface area contributed by atoms with Gasteiger partial charge in [-0.05, 0) is 13.0 Å². The van der Waals surface area contributed by atoms with Gasteiger partial charge in [-0.15, -0.1) is 0 Å². The summed E-state index contributed by atoms with van der Waals surface area (Å²) >= 11 is 0. The van der Waals surface area contributed by atoms with Gasteiger partial charge in [0.25, 0.3) is 0 Å². The number of benzene rings is 1. The maximum Gasteiger partial charge on any atom is 0.122 e. The second-order valence-corrected chi connectivity index (χ2v) is 3.93. The Morgan fingerprint density at radius 2 is 2.18 bits per heavy atom. The lowest BCUT2D eigenvalue weighted by atomic mass is 10.2. The van der Waals surface area contributed by atoms with Crippen LogP contribution in [-0.4, -0.2) is 26.9 Å². The third kappa shape index (κ3) is 5.26. The van der Waals surface area contributed by atoms with Gasteiger partial charge in [-0.2, -0.15) is 0 Å². The van der Waals surface area contributed by atoms with Crippen LogP contribution in [0, 0.1) is 0 Å². The fourth-order valence-electron chi connectivity index (χ4n) is 1.36. The summed E-state index contributed by atoms with van der Waals surface area (Å²) in [5.41, 5.74) is 8.37. The van der Waals surface area contributed by atoms with Crippen molar-refractivity contribution in [1.82, 2.24) is 0 Å². The second kappa shape index (κ2) is 6.81. The third-order valence-electron chi connectivity index (χ3n) is 2.09. The van der Waals surface area contributed by atoms with Crippen LogP contribution in [0.25, 0.3) is 0 Å². The van der Waals surface area contributed by atoms with Crippen molar-refractivity contribution in [1.29, 1.82) is 0 Å². The fraction of sp³-hybridized carbons (Fsp3) is 0.385. The number of methoxy groups -OCH3 is 1. The van der Waals surface area contributed by atoms with E-state index in [9.17, 15) is 0 Å². The summed E-state index contributed by atoms with van der Waals surface area (Å²) in [5, 5.41) is 3.22. The molecule has 0 aliphatic rings. The van der Waals surface area contributed by atoms with Crippen LogP contribution >= 0.6 is 0 Å². The van der Waals surface area contributed by atoms with Crippen LogP contribution in [0.2, 0.25) is 0 Å². The summed E-state index contributed by atoms with van der Waals surface area (Å²) in [5.74, 6) is 0.746. The number of nitrogens with one attached hydrogen (secondary N) is 1. The van der Waals surface area contributed by atoms with E-state index in [1.165, 1.54) is 0 Å². The molecule has 1 aromatic rings. The second-order valence-electron chi connectivity index (χ2n) is 3.93. The molecule has 0 fully saturated rings. The SMILES string of the molecule is C=C(C)COCCNc1cc(N)cc(OC)c1. The van der Waals surface area contributed by atoms with E-state index in [0.717, 1.165) is 23.6 Å². The van der Waals surface area contributed by atoms with E-state index < -0.39 is 0 Å². The monoisotopic (exact) mass is 236 g/mol. The summed E-state index contributed by atoms with van der Waals surface area (Å²) in [6, 6.07) is 5.54. The van der Waals surface area contributed by atoms with Gasteiger partial charge >= 0.3 is 0 Å². The van der Waals surface area contributed by atoms with E-state index in [0.29, 0.717) is 18.9 Å². The highest BCUT2D eigenvalue weighted by Gasteiger charge is 1.98. The van der Waals surface area contributed by atoms with Crippen molar-refractivity contribution in [2.75, 3.05) is 37.9 Å². The largest absolute Gasteiger partial charge is 0.497 e. The van der Waals surface area contributed by atoms with Crippen LogP contribution in [0.5, 0.6) is 5.75 Å². The van der Waals surface area contributed by atoms with E-state index in [1.54, 1.807) is 13.2 Å². The summed E-state index contributed by atoms with van der Waals surface area (Å²) in [6.45, 7) is 7.66. The van der Waals surface area contributed by atoms with Crippen molar-refractivity contribution >= 4 is 11.4 Å². The van der Waals surface area contributed by atoms with Crippen LogP contribution < -0.4 is 15.8 Å². The first-order chi connectivity index (χ1) is 8.11. The van der Waals surface area contributed by atoms with Crippen LogP contribution in [0.1, 0.15) is 6.92 Å². The molecule has 1 rings (SSSR count). The Kier molecular flexibility index (Phi) is 5.36. The third-order valence-corrected chi connectivity index (χ3v) is 2.09. The zero-order chi connectivity index (χ0) is 12.7. The Labute approximate surface area is 102 Å². The average Bonchev–Trinajstić information content (AvgIpc) is 2.27. The molecule has 0 aliphatic heterocycles. The summed E-state index contributed by atoms with van der Waals surface area (Å²) in [6.07, 6.45) is 0. The molecule has 0 spiro atoms. The average molecular weight is 236 g/mol. The van der Waals surface area contributed by atoms with Crippen LogP contribution in [0.15, 0.2) is 30.4 Å². The number of nitrogens with two attached hydrogens (primary N) is 1. The van der Waals surface area contributed by atoms with E-state index in [1.807, 2.05) is 19.1 Å². The molecule has 0 amide bonds. The topological polar surface area (TPSA) is 56.5 Å². The van der Waals surface area contributed by atoms with Crippen molar-refractivity contribution in [2.45, 2.75) is 6.92 Å². The maximum absolute atomic E-state index is 5.74. The lowest BCUT2D eigenvalue weighted by molar-refractivity contribution is 0.167. The van der Waals surface area contributed by atoms with Gasteiger partial charge < -0.3 is 20.5 Å². The van der Waals surface area contributed by atoms with Gasteiger partial charge in [0.15, 0.2) is 0 Å². The molecule has 0 aromatic heterocycles. The molecule has 0 aliphatic carbocycles. The normalized spacial score (nSPS) is 10.0. The molecular weight excluding hydrogens is 216 g/mol. The van der Waals surface area contributed by atoms with Crippen LogP contribution in [0.4, 0.5) is 11.4 Å². The molecule has 4 nitrogen and oxygen atoms in total. The lowest BCUT2D eigenvalue weighted by Gasteiger charge is -2.10. The zero-order valence-corrected chi connectivity index (χ0v) is 10.5. The Hall–Kier alpha value is -1.68. The first-order valence-electron chi connectivity index (χ1n) is 5.52. The lowest BCUT2D eigenvalue weighted by Crippen LogP contribution is -2.10. The summed E-state index contributed by atoms with van der Waals surface area (Å²) in [7, 11) is 1.62. The molecule has 0 unspecified atom stereocenters. The van der Waals surface area contributed by atoms with Gasteiger partial charge in [0.2, 0.25) is 0 Å². The number of rotatable bonds is 7. The summed E-state index contributed by atoms with van der Waals surface area (Å²) in [4.78, 5) is 0. The first-order valence-corrected chi connectivity index (χ1v) is 5.52. The van der Waals surface area contributed by atoms with Crippen molar-refractivity contribution in [2.24, 2.45) is 0 Å². The molecule has 0 radical (unpaired) electrons. The predicted octanol–water partition coefficient (Wildman–Crippen LogP) is 2.28. The van der Waals surface area contributed by atoms with E-state index >= 15 is 0 Å². The molecule has 1 aromatic carbocycles. The predicted molar refractivity (Wildman–Crippen MR) is 71.5 cm³/mol. The highest BCUT2D eigenvalue weighted by molar-refractivity contribution is 5.59. The number of nitrogen functional groups attached to an aromatic ring is 1.